The monoisotopic (exact) mass is 352 g/mol. The minimum atomic E-state index is -0.219. The molecule has 0 N–H and O–H groups in total. The first-order valence-electron chi connectivity index (χ1n) is 8.96. The maximum Gasteiger partial charge on any atom is 0.254 e. The van der Waals surface area contributed by atoms with Gasteiger partial charge in [0.05, 0.1) is 32.3 Å². The first-order valence-corrected chi connectivity index (χ1v) is 8.96. The number of hydrazone groups is 1. The molecule has 0 spiro atoms. The number of allylic oxidation sites excluding steroid dienone is 2. The minimum Gasteiger partial charge on any atom is -0.493 e. The summed E-state index contributed by atoms with van der Waals surface area (Å²) in [7, 11) is 3.13. The molecular formula is C20H20N2O4. The summed E-state index contributed by atoms with van der Waals surface area (Å²) in [6.45, 7) is 0. The van der Waals surface area contributed by atoms with Crippen LogP contribution in [0.15, 0.2) is 35.5 Å². The van der Waals surface area contributed by atoms with Gasteiger partial charge in [0.25, 0.3) is 11.8 Å². The fourth-order valence-electron chi connectivity index (χ4n) is 5.11. The molecule has 2 bridgehead atoms. The Morgan fingerprint density at radius 1 is 1.00 bits per heavy atom. The number of carbonyl (C=O) groups is 2. The molecule has 0 aromatic heterocycles. The highest BCUT2D eigenvalue weighted by molar-refractivity contribution is 6.06. The number of carbonyl (C=O) groups excluding carboxylic acids is 2. The van der Waals surface area contributed by atoms with Gasteiger partial charge in [-0.1, -0.05) is 12.2 Å². The summed E-state index contributed by atoms with van der Waals surface area (Å²) in [5.41, 5.74) is 0.738. The standard InChI is InChI=1S/C20H20N2O4/c1-25-15-6-3-10(7-16(15)26-2)9-21-22-19(23)17-11-4-5-12(14-8-13(11)14)18(17)20(22)24/h3-7,9,11-14,17-18H,8H2,1-2H3/b21-9-/t11-,12-,13-,14+,17+,18-/m1/s1. The number of ether oxygens (including phenoxy) is 2. The molecule has 1 aromatic carbocycles. The molecule has 1 heterocycles. The van der Waals surface area contributed by atoms with E-state index < -0.39 is 0 Å². The van der Waals surface area contributed by atoms with Crippen LogP contribution in [-0.2, 0) is 9.59 Å². The molecule has 0 radical (unpaired) electrons. The third-order valence-corrected chi connectivity index (χ3v) is 6.37. The van der Waals surface area contributed by atoms with Crippen molar-refractivity contribution in [1.82, 2.24) is 5.01 Å². The van der Waals surface area contributed by atoms with Crippen LogP contribution < -0.4 is 9.47 Å². The van der Waals surface area contributed by atoms with E-state index in [1.807, 2.05) is 6.07 Å². The normalized spacial score (nSPS) is 36.5. The van der Waals surface area contributed by atoms with Crippen molar-refractivity contribution in [3.05, 3.63) is 35.9 Å². The van der Waals surface area contributed by atoms with E-state index >= 15 is 0 Å². The molecule has 2 saturated carbocycles. The van der Waals surface area contributed by atoms with E-state index in [2.05, 4.69) is 17.3 Å². The van der Waals surface area contributed by atoms with Crippen molar-refractivity contribution in [3.63, 3.8) is 0 Å². The molecule has 1 aromatic rings. The number of hydrogen-bond acceptors (Lipinski definition) is 5. The second-order valence-corrected chi connectivity index (χ2v) is 7.50. The smallest absolute Gasteiger partial charge is 0.254 e. The summed E-state index contributed by atoms with van der Waals surface area (Å²) in [5, 5.41) is 5.32. The Morgan fingerprint density at radius 3 is 2.19 bits per heavy atom. The van der Waals surface area contributed by atoms with Crippen molar-refractivity contribution in [2.24, 2.45) is 40.6 Å². The van der Waals surface area contributed by atoms with Crippen LogP contribution in [0.5, 0.6) is 11.5 Å². The quantitative estimate of drug-likeness (QED) is 0.473. The van der Waals surface area contributed by atoms with E-state index in [1.54, 1.807) is 26.4 Å². The Balaban J connectivity index is 1.41. The lowest BCUT2D eigenvalue weighted by Crippen LogP contribution is -2.40. The molecule has 6 rings (SSSR count). The largest absolute Gasteiger partial charge is 0.493 e. The summed E-state index contributed by atoms with van der Waals surface area (Å²) in [6, 6.07) is 5.34. The van der Waals surface area contributed by atoms with Gasteiger partial charge in [-0.2, -0.15) is 10.1 Å². The summed E-state index contributed by atoms with van der Waals surface area (Å²) in [5.74, 6) is 2.07. The Bertz CT molecular complexity index is 825. The van der Waals surface area contributed by atoms with Gasteiger partial charge in [0.1, 0.15) is 0 Å². The molecule has 6 heteroatoms. The van der Waals surface area contributed by atoms with E-state index in [1.165, 1.54) is 6.21 Å². The van der Waals surface area contributed by atoms with Crippen LogP contribution in [0.25, 0.3) is 0 Å². The van der Waals surface area contributed by atoms with Crippen molar-refractivity contribution in [2.75, 3.05) is 14.2 Å². The van der Waals surface area contributed by atoms with Crippen LogP contribution in [0.2, 0.25) is 0 Å². The van der Waals surface area contributed by atoms with Gasteiger partial charge in [0, 0.05) is 0 Å². The number of amides is 2. The van der Waals surface area contributed by atoms with E-state index in [0.717, 1.165) is 17.0 Å². The van der Waals surface area contributed by atoms with Gasteiger partial charge in [0.15, 0.2) is 11.5 Å². The number of imide groups is 1. The Labute approximate surface area is 151 Å². The second-order valence-electron chi connectivity index (χ2n) is 7.50. The zero-order chi connectivity index (χ0) is 18.0. The lowest BCUT2D eigenvalue weighted by Gasteiger charge is -2.37. The summed E-state index contributed by atoms with van der Waals surface area (Å²) < 4.78 is 10.5. The number of hydrogen-bond donors (Lipinski definition) is 0. The van der Waals surface area contributed by atoms with Crippen LogP contribution in [0.4, 0.5) is 0 Å². The molecule has 26 heavy (non-hydrogen) atoms. The number of benzene rings is 1. The van der Waals surface area contributed by atoms with E-state index in [4.69, 9.17) is 9.47 Å². The van der Waals surface area contributed by atoms with E-state index in [9.17, 15) is 9.59 Å². The molecule has 6 atom stereocenters. The maximum absolute atomic E-state index is 12.9. The highest BCUT2D eigenvalue weighted by Gasteiger charge is 2.67. The maximum atomic E-state index is 12.9. The summed E-state index contributed by atoms with van der Waals surface area (Å²) >= 11 is 0. The zero-order valence-electron chi connectivity index (χ0n) is 14.7. The van der Waals surface area contributed by atoms with Crippen LogP contribution >= 0.6 is 0 Å². The second kappa shape index (κ2) is 5.43. The third-order valence-electron chi connectivity index (χ3n) is 6.37. The first-order chi connectivity index (χ1) is 12.6. The Hall–Kier alpha value is -2.63. The fourth-order valence-corrected chi connectivity index (χ4v) is 5.11. The lowest BCUT2D eigenvalue weighted by atomic mass is 9.63. The van der Waals surface area contributed by atoms with Crippen molar-refractivity contribution in [1.29, 1.82) is 0 Å². The van der Waals surface area contributed by atoms with Crippen molar-refractivity contribution in [3.8, 4) is 11.5 Å². The van der Waals surface area contributed by atoms with Crippen LogP contribution in [0.3, 0.4) is 0 Å². The predicted octanol–water partition coefficient (Wildman–Crippen LogP) is 2.09. The molecule has 1 aliphatic heterocycles. The molecule has 4 aliphatic carbocycles. The zero-order valence-corrected chi connectivity index (χ0v) is 14.7. The number of nitrogens with zero attached hydrogens (tertiary/aromatic N) is 2. The molecule has 3 fully saturated rings. The number of methoxy groups -OCH3 is 2. The predicted molar refractivity (Wildman–Crippen MR) is 93.7 cm³/mol. The van der Waals surface area contributed by atoms with Gasteiger partial charge < -0.3 is 9.47 Å². The summed E-state index contributed by atoms with van der Waals surface area (Å²) in [6.07, 6.45) is 7.01. The van der Waals surface area contributed by atoms with Gasteiger partial charge in [-0.3, -0.25) is 9.59 Å². The minimum absolute atomic E-state index is 0.151. The average molecular weight is 352 g/mol. The topological polar surface area (TPSA) is 68.2 Å². The Kier molecular flexibility index (Phi) is 3.26. The van der Waals surface area contributed by atoms with Gasteiger partial charge in [-0.05, 0) is 53.9 Å². The van der Waals surface area contributed by atoms with Gasteiger partial charge in [-0.15, -0.1) is 0 Å². The van der Waals surface area contributed by atoms with E-state index in [-0.39, 0.29) is 35.5 Å². The molecule has 6 nitrogen and oxygen atoms in total. The molecule has 5 aliphatic rings. The average Bonchev–Trinajstić information content (AvgIpc) is 3.45. The molecule has 134 valence electrons. The van der Waals surface area contributed by atoms with Crippen molar-refractivity contribution >= 4 is 18.0 Å². The summed E-state index contributed by atoms with van der Waals surface area (Å²) in [4.78, 5) is 25.7. The van der Waals surface area contributed by atoms with E-state index in [0.29, 0.717) is 23.3 Å². The first kappa shape index (κ1) is 15.6. The highest BCUT2D eigenvalue weighted by atomic mass is 16.5. The third kappa shape index (κ3) is 2.01. The van der Waals surface area contributed by atoms with Crippen molar-refractivity contribution < 1.29 is 19.1 Å². The molecule has 0 unspecified atom stereocenters. The number of rotatable bonds is 4. The van der Waals surface area contributed by atoms with Crippen LogP contribution in [0.1, 0.15) is 12.0 Å². The SMILES string of the molecule is COc1ccc(/C=N\N2C(=O)[C@@H]3[C@@H]4C=C[C@H]([C@H]5C[C@@H]45)[C@@H]3C2=O)cc1OC. The molecule has 1 saturated heterocycles. The lowest BCUT2D eigenvalue weighted by molar-refractivity contribution is -0.140. The fraction of sp³-hybridized carbons (Fsp3) is 0.450. The van der Waals surface area contributed by atoms with Gasteiger partial charge in [0.2, 0.25) is 0 Å². The van der Waals surface area contributed by atoms with Crippen LogP contribution in [-0.4, -0.2) is 37.3 Å². The van der Waals surface area contributed by atoms with Crippen molar-refractivity contribution in [2.45, 2.75) is 6.42 Å². The Morgan fingerprint density at radius 2 is 1.62 bits per heavy atom. The van der Waals surface area contributed by atoms with Gasteiger partial charge >= 0.3 is 0 Å². The highest BCUT2D eigenvalue weighted by Crippen LogP contribution is 2.65. The van der Waals surface area contributed by atoms with Crippen LogP contribution in [0, 0.1) is 35.5 Å². The molecular weight excluding hydrogens is 332 g/mol. The molecule has 2 amide bonds. The van der Waals surface area contributed by atoms with Gasteiger partial charge in [-0.25, -0.2) is 0 Å².